The van der Waals surface area contributed by atoms with Crippen LogP contribution in [-0.4, -0.2) is 34.0 Å². The molecule has 3 N–H and O–H groups in total. The molecule has 0 rings (SSSR count). The molecule has 2 unspecified atom stereocenters. The predicted molar refractivity (Wildman–Crippen MR) is 53.0 cm³/mol. The van der Waals surface area contributed by atoms with E-state index in [1.165, 1.54) is 0 Å². The summed E-state index contributed by atoms with van der Waals surface area (Å²) in [6.07, 6.45) is 2.46. The molecule has 0 aliphatic heterocycles. The minimum Gasteiger partial charge on any atom is -0.481 e. The van der Waals surface area contributed by atoms with Crippen LogP contribution in [0.5, 0.6) is 0 Å². The van der Waals surface area contributed by atoms with E-state index in [9.17, 15) is 9.90 Å². The third-order valence-corrected chi connectivity index (χ3v) is 2.27. The van der Waals surface area contributed by atoms with Crippen molar-refractivity contribution in [2.24, 2.45) is 5.92 Å². The van der Waals surface area contributed by atoms with Crippen LogP contribution in [0.4, 0.5) is 0 Å². The van der Waals surface area contributed by atoms with Crippen molar-refractivity contribution in [3.63, 3.8) is 0 Å². The molecule has 0 aliphatic rings. The molecule has 4 nitrogen and oxygen atoms in total. The summed E-state index contributed by atoms with van der Waals surface area (Å²) in [6.45, 7) is 1.88. The highest BCUT2D eigenvalue weighted by molar-refractivity contribution is 5.69. The van der Waals surface area contributed by atoms with E-state index in [0.29, 0.717) is 6.42 Å². The average molecular weight is 204 g/mol. The molecule has 0 amide bonds. The molecule has 0 spiro atoms. The van der Waals surface area contributed by atoms with Gasteiger partial charge < -0.3 is 15.3 Å². The average Bonchev–Trinajstić information content (AvgIpc) is 2.14. The van der Waals surface area contributed by atoms with Gasteiger partial charge in [0, 0.05) is 6.61 Å². The maximum absolute atomic E-state index is 10.7. The van der Waals surface area contributed by atoms with Crippen LogP contribution in [0.3, 0.4) is 0 Å². The van der Waals surface area contributed by atoms with Crippen molar-refractivity contribution in [3.8, 4) is 0 Å². The van der Waals surface area contributed by atoms with Gasteiger partial charge in [0.05, 0.1) is 12.0 Å². The van der Waals surface area contributed by atoms with Gasteiger partial charge in [-0.15, -0.1) is 0 Å². The van der Waals surface area contributed by atoms with Crippen LogP contribution in [0, 0.1) is 5.92 Å². The Kier molecular flexibility index (Phi) is 7.42. The smallest absolute Gasteiger partial charge is 0.306 e. The molecule has 2 atom stereocenters. The van der Waals surface area contributed by atoms with Gasteiger partial charge in [-0.3, -0.25) is 4.79 Å². The second-order valence-electron chi connectivity index (χ2n) is 3.58. The minimum atomic E-state index is -0.936. The SMILES string of the molecule is CCCCC(O)CC(CCO)C(=O)O. The molecule has 0 bridgehead atoms. The third kappa shape index (κ3) is 5.94. The molecule has 0 saturated carbocycles. The van der Waals surface area contributed by atoms with Gasteiger partial charge in [0.1, 0.15) is 0 Å². The van der Waals surface area contributed by atoms with Crippen LogP contribution in [0.25, 0.3) is 0 Å². The number of hydrogen-bond acceptors (Lipinski definition) is 3. The number of aliphatic carboxylic acids is 1. The van der Waals surface area contributed by atoms with Crippen molar-refractivity contribution in [2.75, 3.05) is 6.61 Å². The Balaban J connectivity index is 3.83. The fourth-order valence-electron chi connectivity index (χ4n) is 1.38. The third-order valence-electron chi connectivity index (χ3n) is 2.27. The number of rotatable bonds is 8. The van der Waals surface area contributed by atoms with Crippen molar-refractivity contribution in [2.45, 2.75) is 45.1 Å². The molecule has 14 heavy (non-hydrogen) atoms. The first-order valence-electron chi connectivity index (χ1n) is 5.13. The Morgan fingerprint density at radius 1 is 1.36 bits per heavy atom. The molecule has 0 heterocycles. The van der Waals surface area contributed by atoms with Crippen LogP contribution >= 0.6 is 0 Å². The normalized spacial score (nSPS) is 15.1. The molecule has 0 fully saturated rings. The van der Waals surface area contributed by atoms with Gasteiger partial charge in [0.2, 0.25) is 0 Å². The van der Waals surface area contributed by atoms with Gasteiger partial charge in [0.25, 0.3) is 0 Å². The van der Waals surface area contributed by atoms with Crippen LogP contribution < -0.4 is 0 Å². The zero-order valence-electron chi connectivity index (χ0n) is 8.65. The summed E-state index contributed by atoms with van der Waals surface area (Å²) in [6, 6.07) is 0. The zero-order chi connectivity index (χ0) is 11.0. The maximum Gasteiger partial charge on any atom is 0.306 e. The van der Waals surface area contributed by atoms with E-state index < -0.39 is 18.0 Å². The lowest BCUT2D eigenvalue weighted by Crippen LogP contribution is -2.21. The van der Waals surface area contributed by atoms with Gasteiger partial charge in [-0.2, -0.15) is 0 Å². The van der Waals surface area contributed by atoms with E-state index in [2.05, 4.69) is 0 Å². The van der Waals surface area contributed by atoms with Crippen molar-refractivity contribution in [1.29, 1.82) is 0 Å². The molecule has 0 radical (unpaired) electrons. The van der Waals surface area contributed by atoms with E-state index in [0.717, 1.165) is 12.8 Å². The monoisotopic (exact) mass is 204 g/mol. The lowest BCUT2D eigenvalue weighted by atomic mass is 9.96. The molecular formula is C10H20O4. The van der Waals surface area contributed by atoms with E-state index in [1.807, 2.05) is 6.92 Å². The second kappa shape index (κ2) is 7.76. The number of hydrogen-bond donors (Lipinski definition) is 3. The maximum atomic E-state index is 10.7. The van der Waals surface area contributed by atoms with Gasteiger partial charge in [-0.1, -0.05) is 19.8 Å². The Morgan fingerprint density at radius 3 is 2.43 bits per heavy atom. The Hall–Kier alpha value is -0.610. The molecular weight excluding hydrogens is 184 g/mol. The zero-order valence-corrected chi connectivity index (χ0v) is 8.65. The van der Waals surface area contributed by atoms with Gasteiger partial charge >= 0.3 is 5.97 Å². The van der Waals surface area contributed by atoms with Gasteiger partial charge in [0.15, 0.2) is 0 Å². The van der Waals surface area contributed by atoms with Gasteiger partial charge in [-0.25, -0.2) is 0 Å². The number of carboxylic acid groups (broad SMARTS) is 1. The highest BCUT2D eigenvalue weighted by Crippen LogP contribution is 2.15. The Labute approximate surface area is 84.6 Å². The molecule has 0 saturated heterocycles. The first-order chi connectivity index (χ1) is 6.61. The summed E-state index contributed by atoms with van der Waals surface area (Å²) in [5, 5.41) is 26.9. The lowest BCUT2D eigenvalue weighted by Gasteiger charge is -2.15. The Morgan fingerprint density at radius 2 is 2.00 bits per heavy atom. The van der Waals surface area contributed by atoms with E-state index in [-0.39, 0.29) is 19.4 Å². The van der Waals surface area contributed by atoms with Crippen molar-refractivity contribution < 1.29 is 20.1 Å². The summed E-state index contributed by atoms with van der Waals surface area (Å²) in [4.78, 5) is 10.7. The van der Waals surface area contributed by atoms with Crippen LogP contribution in [0.15, 0.2) is 0 Å². The quantitative estimate of drug-likeness (QED) is 0.551. The van der Waals surface area contributed by atoms with Crippen molar-refractivity contribution >= 4 is 5.97 Å². The number of carbonyl (C=O) groups is 1. The molecule has 0 aromatic heterocycles. The number of carboxylic acids is 1. The fourth-order valence-corrected chi connectivity index (χ4v) is 1.38. The first kappa shape index (κ1) is 13.4. The first-order valence-corrected chi connectivity index (χ1v) is 5.13. The summed E-state index contributed by atoms with van der Waals surface area (Å²) in [5.74, 6) is -1.55. The van der Waals surface area contributed by atoms with Crippen molar-refractivity contribution in [3.05, 3.63) is 0 Å². The predicted octanol–water partition coefficient (Wildman–Crippen LogP) is 1.01. The number of aliphatic hydroxyl groups is 2. The number of aliphatic hydroxyl groups excluding tert-OH is 2. The molecule has 84 valence electrons. The van der Waals surface area contributed by atoms with Crippen LogP contribution in [0.1, 0.15) is 39.0 Å². The van der Waals surface area contributed by atoms with E-state index in [4.69, 9.17) is 10.2 Å². The molecule has 0 aromatic carbocycles. The Bertz CT molecular complexity index is 158. The summed E-state index contributed by atoms with van der Waals surface area (Å²) in [7, 11) is 0. The molecule has 4 heteroatoms. The molecule has 0 aromatic rings. The largest absolute Gasteiger partial charge is 0.481 e. The second-order valence-corrected chi connectivity index (χ2v) is 3.58. The lowest BCUT2D eigenvalue weighted by molar-refractivity contribution is -0.143. The minimum absolute atomic E-state index is 0.141. The van der Waals surface area contributed by atoms with Crippen LogP contribution in [-0.2, 0) is 4.79 Å². The van der Waals surface area contributed by atoms with Gasteiger partial charge in [-0.05, 0) is 19.3 Å². The van der Waals surface area contributed by atoms with E-state index in [1.54, 1.807) is 0 Å². The number of unbranched alkanes of at least 4 members (excludes halogenated alkanes) is 1. The van der Waals surface area contributed by atoms with Crippen LogP contribution in [0.2, 0.25) is 0 Å². The summed E-state index contributed by atoms with van der Waals surface area (Å²) >= 11 is 0. The fraction of sp³-hybridized carbons (Fsp3) is 0.900. The highest BCUT2D eigenvalue weighted by atomic mass is 16.4. The highest BCUT2D eigenvalue weighted by Gasteiger charge is 2.20. The summed E-state index contributed by atoms with van der Waals surface area (Å²) in [5.41, 5.74) is 0. The van der Waals surface area contributed by atoms with E-state index >= 15 is 0 Å². The topological polar surface area (TPSA) is 77.8 Å². The van der Waals surface area contributed by atoms with Crippen molar-refractivity contribution in [1.82, 2.24) is 0 Å². The molecule has 0 aliphatic carbocycles. The standard InChI is InChI=1S/C10H20O4/c1-2-3-4-9(12)7-8(5-6-11)10(13)14/h8-9,11-12H,2-7H2,1H3,(H,13,14). The summed E-state index contributed by atoms with van der Waals surface area (Å²) < 4.78 is 0.